The number of hydrogen-bond acceptors (Lipinski definition) is 5. The molecule has 3 rings (SSSR count). The number of carbonyl (C=O) groups excluding carboxylic acids is 4. The molecule has 1 fully saturated rings. The van der Waals surface area contributed by atoms with Crippen molar-refractivity contribution in [1.29, 1.82) is 0 Å². The molecule has 0 radical (unpaired) electrons. The van der Waals surface area contributed by atoms with Gasteiger partial charge in [-0.1, -0.05) is 42.5 Å². The molecule has 37 heavy (non-hydrogen) atoms. The lowest BCUT2D eigenvalue weighted by atomic mass is 10.0. The van der Waals surface area contributed by atoms with Crippen molar-refractivity contribution in [2.45, 2.75) is 89.6 Å². The summed E-state index contributed by atoms with van der Waals surface area (Å²) in [6.45, 7) is 7.34. The molecule has 0 spiro atoms. The van der Waals surface area contributed by atoms with Gasteiger partial charge >= 0.3 is 6.09 Å². The van der Waals surface area contributed by atoms with Crippen molar-refractivity contribution >= 4 is 23.8 Å². The van der Waals surface area contributed by atoms with Crippen LogP contribution in [0.1, 0.15) is 58.9 Å². The maximum Gasteiger partial charge on any atom is 0.410 e. The molecule has 0 aromatic heterocycles. The molecule has 0 aliphatic carbocycles. The number of fused-ring (bicyclic) bond motifs is 1. The summed E-state index contributed by atoms with van der Waals surface area (Å²) in [4.78, 5) is 55.0. The summed E-state index contributed by atoms with van der Waals surface area (Å²) in [7, 11) is 1.49. The maximum absolute atomic E-state index is 13.6. The molecule has 2 aliphatic rings. The lowest BCUT2D eigenvalue weighted by molar-refractivity contribution is -0.143. The third kappa shape index (κ3) is 7.57. The van der Waals surface area contributed by atoms with E-state index in [0.29, 0.717) is 32.2 Å². The average molecular weight is 513 g/mol. The predicted octanol–water partition coefficient (Wildman–Crippen LogP) is 2.80. The van der Waals surface area contributed by atoms with Crippen molar-refractivity contribution in [3.05, 3.63) is 48.0 Å². The minimum absolute atomic E-state index is 0.0878. The van der Waals surface area contributed by atoms with Crippen molar-refractivity contribution in [2.24, 2.45) is 0 Å². The predicted molar refractivity (Wildman–Crippen MR) is 141 cm³/mol. The largest absolute Gasteiger partial charge is 0.444 e. The highest BCUT2D eigenvalue weighted by Gasteiger charge is 2.43. The number of hydrogen-bond donors (Lipinski definition) is 2. The lowest BCUT2D eigenvalue weighted by Gasteiger charge is -2.34. The molecule has 2 aliphatic heterocycles. The van der Waals surface area contributed by atoms with Crippen LogP contribution in [-0.4, -0.2) is 77.0 Å². The fraction of sp³-hybridized carbons (Fsp3) is 0.571. The van der Waals surface area contributed by atoms with Gasteiger partial charge < -0.3 is 20.3 Å². The van der Waals surface area contributed by atoms with E-state index in [2.05, 4.69) is 10.6 Å². The molecule has 9 heteroatoms. The van der Waals surface area contributed by atoms with Gasteiger partial charge in [0.05, 0.1) is 0 Å². The van der Waals surface area contributed by atoms with Crippen molar-refractivity contribution in [1.82, 2.24) is 20.4 Å². The number of benzene rings is 1. The van der Waals surface area contributed by atoms with E-state index in [-0.39, 0.29) is 17.9 Å². The number of rotatable bonds is 7. The van der Waals surface area contributed by atoms with Gasteiger partial charge in [-0.3, -0.25) is 19.3 Å². The molecule has 0 saturated carbocycles. The summed E-state index contributed by atoms with van der Waals surface area (Å²) >= 11 is 0. The van der Waals surface area contributed by atoms with Gasteiger partial charge in [-0.05, 0) is 65.4 Å². The van der Waals surface area contributed by atoms with E-state index in [4.69, 9.17) is 4.74 Å². The second-order valence-electron chi connectivity index (χ2n) is 10.8. The van der Waals surface area contributed by atoms with Crippen molar-refractivity contribution in [3.63, 3.8) is 0 Å². The highest BCUT2D eigenvalue weighted by molar-refractivity contribution is 5.94. The summed E-state index contributed by atoms with van der Waals surface area (Å²) in [6.07, 6.45) is 6.31. The van der Waals surface area contributed by atoms with Crippen LogP contribution in [0.15, 0.2) is 42.5 Å². The van der Waals surface area contributed by atoms with E-state index in [0.717, 1.165) is 12.0 Å². The summed E-state index contributed by atoms with van der Waals surface area (Å²) < 4.78 is 5.35. The molecule has 1 saturated heterocycles. The fourth-order valence-electron chi connectivity index (χ4n) is 4.65. The van der Waals surface area contributed by atoms with E-state index in [1.54, 1.807) is 32.6 Å². The Morgan fingerprint density at radius 2 is 1.78 bits per heavy atom. The van der Waals surface area contributed by atoms with E-state index in [1.165, 1.54) is 11.9 Å². The third-order valence-electron chi connectivity index (χ3n) is 6.82. The van der Waals surface area contributed by atoms with Gasteiger partial charge in [-0.15, -0.1) is 0 Å². The minimum atomic E-state index is -0.844. The van der Waals surface area contributed by atoms with Crippen LogP contribution < -0.4 is 10.6 Å². The van der Waals surface area contributed by atoms with Gasteiger partial charge in [-0.25, -0.2) is 4.79 Å². The maximum atomic E-state index is 13.6. The molecular weight excluding hydrogens is 472 g/mol. The summed E-state index contributed by atoms with van der Waals surface area (Å²) in [5.74, 6) is -0.893. The minimum Gasteiger partial charge on any atom is -0.444 e. The zero-order valence-electron chi connectivity index (χ0n) is 22.5. The lowest BCUT2D eigenvalue weighted by Crippen LogP contribution is -2.58. The number of ether oxygens (including phenoxy) is 1. The van der Waals surface area contributed by atoms with Crippen molar-refractivity contribution < 1.29 is 23.9 Å². The Kier molecular flexibility index (Phi) is 9.34. The van der Waals surface area contributed by atoms with Crippen LogP contribution in [0.4, 0.5) is 4.79 Å². The van der Waals surface area contributed by atoms with Crippen LogP contribution in [-0.2, 0) is 25.5 Å². The average Bonchev–Trinajstić information content (AvgIpc) is 3.26. The molecule has 2 N–H and O–H groups in total. The molecule has 1 aromatic rings. The highest BCUT2D eigenvalue weighted by atomic mass is 16.6. The molecule has 2 heterocycles. The third-order valence-corrected chi connectivity index (χ3v) is 6.82. The van der Waals surface area contributed by atoms with Crippen LogP contribution in [0.25, 0.3) is 0 Å². The van der Waals surface area contributed by atoms with Gasteiger partial charge in [0, 0.05) is 19.6 Å². The zero-order valence-corrected chi connectivity index (χ0v) is 22.5. The number of carbonyl (C=O) groups is 4. The number of amides is 4. The topological polar surface area (TPSA) is 108 Å². The first-order valence-electron chi connectivity index (χ1n) is 13.0. The Morgan fingerprint density at radius 3 is 2.46 bits per heavy atom. The molecule has 4 amide bonds. The molecule has 0 bridgehead atoms. The molecule has 202 valence electrons. The Hall–Kier alpha value is -3.36. The van der Waals surface area contributed by atoms with Gasteiger partial charge in [0.1, 0.15) is 23.7 Å². The monoisotopic (exact) mass is 512 g/mol. The van der Waals surface area contributed by atoms with Gasteiger partial charge in [0.25, 0.3) is 0 Å². The number of likely N-dealkylation sites (N-methyl/N-ethyl adjacent to an activating group) is 1. The molecular formula is C28H40N4O5. The normalized spacial score (nSPS) is 23.2. The first kappa shape index (κ1) is 28.2. The van der Waals surface area contributed by atoms with Crippen LogP contribution >= 0.6 is 0 Å². The highest BCUT2D eigenvalue weighted by Crippen LogP contribution is 2.29. The van der Waals surface area contributed by atoms with Crippen LogP contribution in [0, 0.1) is 0 Å². The number of nitrogens with zero attached hydrogens (tertiary/aromatic N) is 2. The second kappa shape index (κ2) is 12.3. The second-order valence-corrected chi connectivity index (χ2v) is 10.8. The standard InChI is InChI=1S/C28H40N4O5/c1-19(31(5)27(36)37-28(2,3)4)24(33)30-22-14-10-9-13-21-15-16-23(32(21)26(22)35)25(34)29-18-17-20-11-7-6-8-12-20/h6-12,19,21-23H,13-18H2,1-5H3,(H,29,34)(H,30,33)/b10-9-/t19-,21-,22-,23-/m0/s1. The van der Waals surface area contributed by atoms with E-state index >= 15 is 0 Å². The van der Waals surface area contributed by atoms with Crippen LogP contribution in [0.5, 0.6) is 0 Å². The van der Waals surface area contributed by atoms with Gasteiger partial charge in [-0.2, -0.15) is 0 Å². The van der Waals surface area contributed by atoms with Gasteiger partial charge in [0.15, 0.2) is 0 Å². The van der Waals surface area contributed by atoms with Crippen molar-refractivity contribution in [3.8, 4) is 0 Å². The molecule has 4 atom stereocenters. The van der Waals surface area contributed by atoms with Crippen LogP contribution in [0.3, 0.4) is 0 Å². The Morgan fingerprint density at radius 1 is 1.11 bits per heavy atom. The first-order valence-corrected chi connectivity index (χ1v) is 13.0. The van der Waals surface area contributed by atoms with E-state index in [9.17, 15) is 19.2 Å². The Labute approximate surface area is 219 Å². The SMILES string of the molecule is C[C@@H](C(=O)N[C@H]1C/C=C\C[C@H]2CC[C@@H](C(=O)NCCc3ccccc3)N2C1=O)N(C)C(=O)OC(C)(C)C. The van der Waals surface area contributed by atoms with E-state index in [1.807, 2.05) is 42.5 Å². The summed E-state index contributed by atoms with van der Waals surface area (Å²) in [6, 6.07) is 7.59. The van der Waals surface area contributed by atoms with Crippen LogP contribution in [0.2, 0.25) is 0 Å². The van der Waals surface area contributed by atoms with Gasteiger partial charge in [0.2, 0.25) is 17.7 Å². The zero-order chi connectivity index (χ0) is 27.2. The van der Waals surface area contributed by atoms with Crippen molar-refractivity contribution in [2.75, 3.05) is 13.6 Å². The molecule has 9 nitrogen and oxygen atoms in total. The summed E-state index contributed by atoms with van der Waals surface area (Å²) in [5.41, 5.74) is 0.441. The molecule has 1 aromatic carbocycles. The Bertz CT molecular complexity index is 1000. The summed E-state index contributed by atoms with van der Waals surface area (Å²) in [5, 5.41) is 5.80. The quantitative estimate of drug-likeness (QED) is 0.547. The van der Waals surface area contributed by atoms with E-state index < -0.39 is 35.7 Å². The number of nitrogens with one attached hydrogen (secondary N) is 2. The fourth-order valence-corrected chi connectivity index (χ4v) is 4.65. The smallest absolute Gasteiger partial charge is 0.410 e. The Balaban J connectivity index is 1.64. The first-order chi connectivity index (χ1) is 17.5. The molecule has 0 unspecified atom stereocenters.